The van der Waals surface area contributed by atoms with Crippen molar-refractivity contribution in [2.75, 3.05) is 0 Å². The summed E-state index contributed by atoms with van der Waals surface area (Å²) in [7, 11) is 0. The zero-order valence-corrected chi connectivity index (χ0v) is 5.35. The van der Waals surface area contributed by atoms with Gasteiger partial charge in [0, 0.05) is 4.91 Å². The van der Waals surface area contributed by atoms with Crippen molar-refractivity contribution in [2.24, 2.45) is 5.11 Å². The predicted molar refractivity (Wildman–Crippen MR) is 31.4 cm³/mol. The van der Waals surface area contributed by atoms with E-state index in [0.29, 0.717) is 0 Å². The molecule has 0 radical (unpaired) electrons. The second kappa shape index (κ2) is 4.14. The Morgan fingerprint density at radius 1 is 1.67 bits per heavy atom. The van der Waals surface area contributed by atoms with Gasteiger partial charge in [0.2, 0.25) is 0 Å². The third kappa shape index (κ3) is 5.10. The lowest BCUT2D eigenvalue weighted by Gasteiger charge is -2.08. The maximum Gasteiger partial charge on any atom is 0.152 e. The summed E-state index contributed by atoms with van der Waals surface area (Å²) in [5, 5.41) is 11.7. The minimum absolute atomic E-state index is 0.602. The first kappa shape index (κ1) is 8.23. The highest BCUT2D eigenvalue weighted by molar-refractivity contribution is 4.47. The molecule has 0 aliphatic rings. The van der Waals surface area contributed by atoms with Gasteiger partial charge in [-0.3, -0.25) is 0 Å². The molecule has 0 rings (SSSR count). The standard InChI is InChI=1S/C4H9N3O2/c1-3(6-7-5)9-4(2)8/h3-4,8H,1-2H3. The Bertz CT molecular complexity index is 119. The van der Waals surface area contributed by atoms with E-state index in [-0.39, 0.29) is 0 Å². The van der Waals surface area contributed by atoms with E-state index < -0.39 is 12.5 Å². The lowest BCUT2D eigenvalue weighted by molar-refractivity contribution is -0.115. The van der Waals surface area contributed by atoms with Crippen LogP contribution in [0.5, 0.6) is 0 Å². The van der Waals surface area contributed by atoms with Gasteiger partial charge in [0.25, 0.3) is 0 Å². The van der Waals surface area contributed by atoms with Crippen LogP contribution in [0, 0.1) is 0 Å². The fraction of sp³-hybridized carbons (Fsp3) is 1.00. The zero-order chi connectivity index (χ0) is 7.28. The van der Waals surface area contributed by atoms with Gasteiger partial charge in [-0.2, -0.15) is 0 Å². The van der Waals surface area contributed by atoms with E-state index in [9.17, 15) is 0 Å². The largest absolute Gasteiger partial charge is 0.368 e. The van der Waals surface area contributed by atoms with E-state index in [2.05, 4.69) is 14.8 Å². The molecule has 0 heterocycles. The van der Waals surface area contributed by atoms with E-state index in [1.54, 1.807) is 6.92 Å². The van der Waals surface area contributed by atoms with E-state index in [4.69, 9.17) is 10.6 Å². The van der Waals surface area contributed by atoms with Gasteiger partial charge in [0.1, 0.15) is 6.23 Å². The van der Waals surface area contributed by atoms with Crippen molar-refractivity contribution in [2.45, 2.75) is 26.4 Å². The second-order valence-corrected chi connectivity index (χ2v) is 1.54. The average molecular weight is 131 g/mol. The molecule has 0 aliphatic carbocycles. The fourth-order valence-electron chi connectivity index (χ4n) is 0.385. The maximum absolute atomic E-state index is 8.54. The van der Waals surface area contributed by atoms with Crippen molar-refractivity contribution in [3.63, 3.8) is 0 Å². The maximum atomic E-state index is 8.54. The van der Waals surface area contributed by atoms with Gasteiger partial charge >= 0.3 is 0 Å². The van der Waals surface area contributed by atoms with Crippen molar-refractivity contribution in [3.05, 3.63) is 10.4 Å². The van der Waals surface area contributed by atoms with E-state index >= 15 is 0 Å². The number of nitrogens with zero attached hydrogens (tertiary/aromatic N) is 3. The minimum Gasteiger partial charge on any atom is -0.368 e. The predicted octanol–water partition coefficient (Wildman–Crippen LogP) is 0.998. The van der Waals surface area contributed by atoms with Crippen LogP contribution in [0.2, 0.25) is 0 Å². The minimum atomic E-state index is -0.884. The van der Waals surface area contributed by atoms with Gasteiger partial charge in [-0.1, -0.05) is 5.11 Å². The highest BCUT2D eigenvalue weighted by Gasteiger charge is 2.00. The molecule has 2 unspecified atom stereocenters. The highest BCUT2D eigenvalue weighted by Crippen LogP contribution is 1.95. The van der Waals surface area contributed by atoms with Crippen molar-refractivity contribution < 1.29 is 9.84 Å². The molecule has 5 nitrogen and oxygen atoms in total. The third-order valence-electron chi connectivity index (χ3n) is 0.608. The van der Waals surface area contributed by atoms with Crippen molar-refractivity contribution in [1.29, 1.82) is 0 Å². The average Bonchev–Trinajstić information content (AvgIpc) is 1.63. The zero-order valence-electron chi connectivity index (χ0n) is 5.35. The topological polar surface area (TPSA) is 78.2 Å². The van der Waals surface area contributed by atoms with Crippen LogP contribution in [0.15, 0.2) is 5.11 Å². The summed E-state index contributed by atoms with van der Waals surface area (Å²) in [6.45, 7) is 3.00. The Balaban J connectivity index is 3.49. The summed E-state index contributed by atoms with van der Waals surface area (Å²) in [6, 6.07) is 0. The normalized spacial score (nSPS) is 15.9. The number of azide groups is 1. The van der Waals surface area contributed by atoms with E-state index in [1.807, 2.05) is 0 Å². The van der Waals surface area contributed by atoms with Crippen LogP contribution in [0.3, 0.4) is 0 Å². The molecule has 2 atom stereocenters. The molecular formula is C4H9N3O2. The van der Waals surface area contributed by atoms with Gasteiger partial charge in [-0.15, -0.1) is 0 Å². The molecule has 52 valence electrons. The molecule has 0 spiro atoms. The SMILES string of the molecule is CC(O)OC(C)N=[N+]=[N-]. The molecule has 0 amide bonds. The van der Waals surface area contributed by atoms with Gasteiger partial charge in [0.15, 0.2) is 6.29 Å². The molecule has 9 heavy (non-hydrogen) atoms. The van der Waals surface area contributed by atoms with Crippen molar-refractivity contribution in [1.82, 2.24) is 0 Å². The van der Waals surface area contributed by atoms with Gasteiger partial charge in [0.05, 0.1) is 0 Å². The van der Waals surface area contributed by atoms with Crippen LogP contribution in [-0.2, 0) is 4.74 Å². The van der Waals surface area contributed by atoms with Crippen LogP contribution in [0.4, 0.5) is 0 Å². The molecule has 0 aromatic rings. The lowest BCUT2D eigenvalue weighted by Crippen LogP contribution is -2.13. The summed E-state index contributed by atoms with van der Waals surface area (Å²) < 4.78 is 4.63. The first-order valence-electron chi connectivity index (χ1n) is 2.54. The first-order chi connectivity index (χ1) is 4.16. The molecule has 1 N–H and O–H groups in total. The molecule has 0 saturated carbocycles. The molecule has 0 fully saturated rings. The molecule has 0 aromatic heterocycles. The summed E-state index contributed by atoms with van der Waals surface area (Å²) >= 11 is 0. The first-order valence-corrected chi connectivity index (χ1v) is 2.54. The van der Waals surface area contributed by atoms with Gasteiger partial charge in [-0.05, 0) is 19.4 Å². The van der Waals surface area contributed by atoms with Crippen LogP contribution in [0.25, 0.3) is 10.4 Å². The fourth-order valence-corrected chi connectivity index (χ4v) is 0.385. The molecule has 0 aromatic carbocycles. The van der Waals surface area contributed by atoms with Crippen molar-refractivity contribution in [3.8, 4) is 0 Å². The molecule has 5 heteroatoms. The number of rotatable bonds is 3. The second-order valence-electron chi connectivity index (χ2n) is 1.54. The summed E-state index contributed by atoms with van der Waals surface area (Å²) in [5.41, 5.74) is 7.85. The summed E-state index contributed by atoms with van der Waals surface area (Å²) in [6.07, 6.45) is -1.49. The van der Waals surface area contributed by atoms with E-state index in [0.717, 1.165) is 0 Å². The summed E-state index contributed by atoms with van der Waals surface area (Å²) in [5.74, 6) is 0. The summed E-state index contributed by atoms with van der Waals surface area (Å²) in [4.78, 5) is 2.48. The molecular weight excluding hydrogens is 122 g/mol. The molecule has 0 saturated heterocycles. The van der Waals surface area contributed by atoms with Crippen LogP contribution < -0.4 is 0 Å². The Hall–Kier alpha value is -0.770. The number of hydrogen-bond donors (Lipinski definition) is 1. The van der Waals surface area contributed by atoms with Crippen LogP contribution in [-0.4, -0.2) is 17.6 Å². The van der Waals surface area contributed by atoms with Gasteiger partial charge in [-0.25, -0.2) is 0 Å². The highest BCUT2D eigenvalue weighted by atomic mass is 16.6. The Morgan fingerprint density at radius 2 is 2.22 bits per heavy atom. The number of hydrogen-bond acceptors (Lipinski definition) is 3. The third-order valence-corrected chi connectivity index (χ3v) is 0.608. The van der Waals surface area contributed by atoms with Crippen molar-refractivity contribution >= 4 is 0 Å². The van der Waals surface area contributed by atoms with E-state index in [1.165, 1.54) is 6.92 Å². The smallest absolute Gasteiger partial charge is 0.152 e. The lowest BCUT2D eigenvalue weighted by atomic mass is 10.6. The monoisotopic (exact) mass is 131 g/mol. The quantitative estimate of drug-likeness (QED) is 0.268. The Kier molecular flexibility index (Phi) is 3.79. The van der Waals surface area contributed by atoms with Crippen LogP contribution >= 0.6 is 0 Å². The molecule has 0 aliphatic heterocycles. The van der Waals surface area contributed by atoms with Crippen LogP contribution in [0.1, 0.15) is 13.8 Å². The molecule has 0 bridgehead atoms. The van der Waals surface area contributed by atoms with Gasteiger partial charge < -0.3 is 9.84 Å². The Labute approximate surface area is 52.9 Å². The number of ether oxygens (including phenoxy) is 1. The Morgan fingerprint density at radius 3 is 2.56 bits per heavy atom. The number of aliphatic hydroxyl groups excluding tert-OH is 1. The number of aliphatic hydroxyl groups is 1.